The molecule has 5 nitrogen and oxygen atoms in total. The minimum absolute atomic E-state index is 0.422. The molecule has 1 aromatic heterocycles. The molecule has 0 radical (unpaired) electrons. The monoisotopic (exact) mass is 167 g/mol. The smallest absolute Gasteiger partial charge is 0.407 e. The highest BCUT2D eigenvalue weighted by molar-refractivity contribution is 5.66. The van der Waals surface area contributed by atoms with E-state index in [1.54, 1.807) is 4.68 Å². The van der Waals surface area contributed by atoms with Gasteiger partial charge in [0.1, 0.15) is 0 Å². The van der Waals surface area contributed by atoms with Crippen LogP contribution in [0, 0.1) is 0 Å². The molecule has 0 bridgehead atoms. The van der Waals surface area contributed by atoms with Crippen molar-refractivity contribution in [3.8, 4) is 0 Å². The topological polar surface area (TPSA) is 58.4 Å². The van der Waals surface area contributed by atoms with E-state index in [1.165, 1.54) is 4.90 Å². The molecule has 5 heteroatoms. The second kappa shape index (κ2) is 2.23. The summed E-state index contributed by atoms with van der Waals surface area (Å²) < 4.78 is 1.71. The van der Waals surface area contributed by atoms with E-state index in [4.69, 9.17) is 5.11 Å². The van der Waals surface area contributed by atoms with E-state index in [-0.39, 0.29) is 0 Å². The van der Waals surface area contributed by atoms with E-state index in [2.05, 4.69) is 5.10 Å². The molecule has 1 aliphatic rings. The number of aromatic nitrogens is 2. The zero-order valence-electron chi connectivity index (χ0n) is 6.69. The van der Waals surface area contributed by atoms with Crippen LogP contribution >= 0.6 is 0 Å². The number of hydrogen-bond acceptors (Lipinski definition) is 2. The highest BCUT2D eigenvalue weighted by atomic mass is 16.4. The van der Waals surface area contributed by atoms with Crippen LogP contribution in [0.1, 0.15) is 11.3 Å². The minimum atomic E-state index is -0.879. The molecule has 0 aromatic carbocycles. The van der Waals surface area contributed by atoms with Crippen molar-refractivity contribution in [3.05, 3.63) is 17.5 Å². The Morgan fingerprint density at radius 3 is 3.00 bits per heavy atom. The Labute approximate surface area is 69.2 Å². The molecule has 1 aliphatic heterocycles. The van der Waals surface area contributed by atoms with Crippen LogP contribution in [0.3, 0.4) is 0 Å². The van der Waals surface area contributed by atoms with Gasteiger partial charge in [-0.3, -0.25) is 9.58 Å². The molecule has 2 rings (SSSR count). The van der Waals surface area contributed by atoms with Gasteiger partial charge in [0.15, 0.2) is 0 Å². The predicted octanol–water partition coefficient (Wildman–Crippen LogP) is 0.414. The summed E-state index contributed by atoms with van der Waals surface area (Å²) in [6.07, 6.45) is 0.980. The SMILES string of the molecule is Cn1cc2c(n1)CN(C(=O)O)C2. The van der Waals surface area contributed by atoms with Crippen molar-refractivity contribution in [2.24, 2.45) is 7.05 Å². The number of aryl methyl sites for hydroxylation is 1. The fourth-order valence-electron chi connectivity index (χ4n) is 1.43. The molecule has 64 valence electrons. The van der Waals surface area contributed by atoms with Crippen LogP contribution in [-0.4, -0.2) is 25.9 Å². The lowest BCUT2D eigenvalue weighted by Gasteiger charge is -2.09. The number of carbonyl (C=O) groups is 1. The predicted molar refractivity (Wildman–Crippen MR) is 40.5 cm³/mol. The summed E-state index contributed by atoms with van der Waals surface area (Å²) in [6.45, 7) is 0.893. The van der Waals surface area contributed by atoms with Crippen molar-refractivity contribution in [1.82, 2.24) is 14.7 Å². The maximum Gasteiger partial charge on any atom is 0.407 e. The maximum atomic E-state index is 10.5. The maximum absolute atomic E-state index is 10.5. The van der Waals surface area contributed by atoms with Crippen LogP contribution in [0.25, 0.3) is 0 Å². The van der Waals surface area contributed by atoms with Gasteiger partial charge >= 0.3 is 6.09 Å². The summed E-state index contributed by atoms with van der Waals surface area (Å²) >= 11 is 0. The third-order valence-electron chi connectivity index (χ3n) is 1.96. The fourth-order valence-corrected chi connectivity index (χ4v) is 1.43. The van der Waals surface area contributed by atoms with Gasteiger partial charge in [0, 0.05) is 18.8 Å². The number of hydrogen-bond donors (Lipinski definition) is 1. The van der Waals surface area contributed by atoms with Crippen LogP contribution in [0.15, 0.2) is 6.20 Å². The lowest BCUT2D eigenvalue weighted by atomic mass is 10.3. The van der Waals surface area contributed by atoms with Crippen LogP contribution in [0.5, 0.6) is 0 Å². The molecule has 0 unspecified atom stereocenters. The van der Waals surface area contributed by atoms with Gasteiger partial charge in [0.2, 0.25) is 0 Å². The van der Waals surface area contributed by atoms with Crippen molar-refractivity contribution >= 4 is 6.09 Å². The second-order valence-corrected chi connectivity index (χ2v) is 2.91. The Bertz CT molecular complexity index is 308. The normalized spacial score (nSPS) is 14.9. The van der Waals surface area contributed by atoms with E-state index in [1.807, 2.05) is 13.2 Å². The van der Waals surface area contributed by atoms with Gasteiger partial charge in [-0.15, -0.1) is 0 Å². The number of rotatable bonds is 0. The molecule has 0 fully saturated rings. The average Bonchev–Trinajstić information content (AvgIpc) is 2.42. The highest BCUT2D eigenvalue weighted by Gasteiger charge is 2.25. The molecule has 0 saturated heterocycles. The summed E-state index contributed by atoms with van der Waals surface area (Å²) in [4.78, 5) is 11.9. The first kappa shape index (κ1) is 7.15. The Kier molecular flexibility index (Phi) is 1.33. The molecule has 12 heavy (non-hydrogen) atoms. The molecule has 0 atom stereocenters. The minimum Gasteiger partial charge on any atom is -0.465 e. The molecular weight excluding hydrogens is 158 g/mol. The number of fused-ring (bicyclic) bond motifs is 1. The third kappa shape index (κ3) is 0.939. The Balaban J connectivity index is 2.24. The molecule has 2 heterocycles. The average molecular weight is 167 g/mol. The van der Waals surface area contributed by atoms with E-state index >= 15 is 0 Å². The molecule has 1 amide bonds. The highest BCUT2D eigenvalue weighted by Crippen LogP contribution is 2.20. The quantitative estimate of drug-likeness (QED) is 0.609. The van der Waals surface area contributed by atoms with Crippen molar-refractivity contribution in [2.45, 2.75) is 13.1 Å². The van der Waals surface area contributed by atoms with E-state index in [9.17, 15) is 4.79 Å². The lowest BCUT2D eigenvalue weighted by Crippen LogP contribution is -2.23. The first-order valence-corrected chi connectivity index (χ1v) is 3.66. The summed E-state index contributed by atoms with van der Waals surface area (Å²) in [5.74, 6) is 0. The fraction of sp³-hybridized carbons (Fsp3) is 0.429. The van der Waals surface area contributed by atoms with Gasteiger partial charge in [0.05, 0.1) is 18.8 Å². The Morgan fingerprint density at radius 1 is 1.67 bits per heavy atom. The third-order valence-corrected chi connectivity index (χ3v) is 1.96. The first-order valence-electron chi connectivity index (χ1n) is 3.66. The van der Waals surface area contributed by atoms with Gasteiger partial charge in [0.25, 0.3) is 0 Å². The van der Waals surface area contributed by atoms with Gasteiger partial charge in [-0.25, -0.2) is 4.79 Å². The zero-order chi connectivity index (χ0) is 8.72. The molecule has 1 N–H and O–H groups in total. The standard InChI is InChI=1S/C7H9N3O2/c1-9-2-5-3-10(7(11)12)4-6(5)8-9/h2H,3-4H2,1H3,(H,11,12). The van der Waals surface area contributed by atoms with Gasteiger partial charge in [-0.2, -0.15) is 5.10 Å². The van der Waals surface area contributed by atoms with E-state index < -0.39 is 6.09 Å². The lowest BCUT2D eigenvalue weighted by molar-refractivity contribution is 0.144. The zero-order valence-corrected chi connectivity index (χ0v) is 6.69. The van der Waals surface area contributed by atoms with E-state index in [0.717, 1.165) is 11.3 Å². The van der Waals surface area contributed by atoms with Crippen molar-refractivity contribution in [3.63, 3.8) is 0 Å². The second-order valence-electron chi connectivity index (χ2n) is 2.91. The number of amides is 1. The molecular formula is C7H9N3O2. The number of carboxylic acid groups (broad SMARTS) is 1. The summed E-state index contributed by atoms with van der Waals surface area (Å²) in [5, 5.41) is 12.8. The van der Waals surface area contributed by atoms with Gasteiger partial charge in [-0.1, -0.05) is 0 Å². The van der Waals surface area contributed by atoms with Gasteiger partial charge < -0.3 is 5.11 Å². The Morgan fingerprint density at radius 2 is 2.42 bits per heavy atom. The largest absolute Gasteiger partial charge is 0.465 e. The number of nitrogens with zero attached hydrogens (tertiary/aromatic N) is 3. The van der Waals surface area contributed by atoms with Crippen LogP contribution in [-0.2, 0) is 20.1 Å². The van der Waals surface area contributed by atoms with Crippen LogP contribution < -0.4 is 0 Å². The molecule has 1 aromatic rings. The van der Waals surface area contributed by atoms with Crippen molar-refractivity contribution in [1.29, 1.82) is 0 Å². The molecule has 0 spiro atoms. The van der Waals surface area contributed by atoms with Gasteiger partial charge in [-0.05, 0) is 0 Å². The summed E-state index contributed by atoms with van der Waals surface area (Å²) in [7, 11) is 1.84. The van der Waals surface area contributed by atoms with Crippen LogP contribution in [0.4, 0.5) is 4.79 Å². The van der Waals surface area contributed by atoms with Crippen molar-refractivity contribution < 1.29 is 9.90 Å². The summed E-state index contributed by atoms with van der Waals surface area (Å²) in [6, 6.07) is 0. The van der Waals surface area contributed by atoms with E-state index in [0.29, 0.717) is 13.1 Å². The Hall–Kier alpha value is -1.52. The first-order chi connectivity index (χ1) is 5.66. The van der Waals surface area contributed by atoms with Crippen molar-refractivity contribution in [2.75, 3.05) is 0 Å². The molecule has 0 aliphatic carbocycles. The molecule has 0 saturated carbocycles. The summed E-state index contributed by atoms with van der Waals surface area (Å²) in [5.41, 5.74) is 1.89. The van der Waals surface area contributed by atoms with Crippen LogP contribution in [0.2, 0.25) is 0 Å².